The summed E-state index contributed by atoms with van der Waals surface area (Å²) in [6.45, 7) is 6.04. The minimum Gasteiger partial charge on any atom is -0.308 e. The highest BCUT2D eigenvalue weighted by atomic mass is 79.9. The van der Waals surface area contributed by atoms with Crippen molar-refractivity contribution in [1.82, 2.24) is 4.90 Å². The van der Waals surface area contributed by atoms with E-state index in [0.717, 1.165) is 41.7 Å². The summed E-state index contributed by atoms with van der Waals surface area (Å²) in [5.41, 5.74) is 1.24. The number of amides is 1. The van der Waals surface area contributed by atoms with Gasteiger partial charge in [-0.2, -0.15) is 5.26 Å². The van der Waals surface area contributed by atoms with E-state index in [1.54, 1.807) is 0 Å². The Hall–Kier alpha value is -1.38. The van der Waals surface area contributed by atoms with E-state index in [-0.39, 0.29) is 17.5 Å². The van der Waals surface area contributed by atoms with Crippen LogP contribution in [0, 0.1) is 11.3 Å². The number of anilines is 1. The van der Waals surface area contributed by atoms with Crippen molar-refractivity contribution >= 4 is 27.5 Å². The molecule has 1 saturated carbocycles. The van der Waals surface area contributed by atoms with E-state index < -0.39 is 5.41 Å². The van der Waals surface area contributed by atoms with Crippen LogP contribution in [0.15, 0.2) is 22.7 Å². The molecule has 1 amide bonds. The largest absolute Gasteiger partial charge is 0.308 e. The van der Waals surface area contributed by atoms with Gasteiger partial charge in [0.1, 0.15) is 5.54 Å². The van der Waals surface area contributed by atoms with Crippen LogP contribution in [0.3, 0.4) is 0 Å². The van der Waals surface area contributed by atoms with E-state index in [4.69, 9.17) is 0 Å². The van der Waals surface area contributed by atoms with Gasteiger partial charge >= 0.3 is 0 Å². The first-order valence-electron chi connectivity index (χ1n) is 9.19. The predicted octanol–water partition coefficient (Wildman–Crippen LogP) is 3.98. The van der Waals surface area contributed by atoms with E-state index in [2.05, 4.69) is 39.0 Å². The summed E-state index contributed by atoms with van der Waals surface area (Å²) in [6, 6.07) is 8.83. The molecule has 132 valence electrons. The fourth-order valence-electron chi connectivity index (χ4n) is 4.77. The van der Waals surface area contributed by atoms with Gasteiger partial charge in [-0.25, -0.2) is 0 Å². The summed E-state index contributed by atoms with van der Waals surface area (Å²) >= 11 is 3.54. The summed E-state index contributed by atoms with van der Waals surface area (Å²) in [4.78, 5) is 17.5. The third kappa shape index (κ3) is 2.45. The molecular weight excluding hydrogens is 378 g/mol. The zero-order chi connectivity index (χ0) is 17.8. The molecule has 3 aliphatic rings. The molecule has 25 heavy (non-hydrogen) atoms. The monoisotopic (exact) mass is 401 g/mol. The smallest absolute Gasteiger partial charge is 0.237 e. The lowest BCUT2D eigenvalue weighted by atomic mass is 9.70. The van der Waals surface area contributed by atoms with E-state index in [0.29, 0.717) is 0 Å². The van der Waals surface area contributed by atoms with Crippen molar-refractivity contribution in [3.63, 3.8) is 0 Å². The summed E-state index contributed by atoms with van der Waals surface area (Å²) in [5, 5.41) is 9.85. The number of nitriles is 1. The fourth-order valence-corrected chi connectivity index (χ4v) is 5.11. The van der Waals surface area contributed by atoms with Crippen molar-refractivity contribution in [2.45, 2.75) is 62.9 Å². The van der Waals surface area contributed by atoms with Gasteiger partial charge < -0.3 is 4.90 Å². The minimum atomic E-state index is -0.494. The number of piperidine rings is 1. The lowest BCUT2D eigenvalue weighted by Crippen LogP contribution is -2.64. The Morgan fingerprint density at radius 3 is 2.52 bits per heavy atom. The maximum absolute atomic E-state index is 13.1. The Morgan fingerprint density at radius 2 is 1.88 bits per heavy atom. The molecule has 1 saturated heterocycles. The summed E-state index contributed by atoms with van der Waals surface area (Å²) in [7, 11) is 0. The summed E-state index contributed by atoms with van der Waals surface area (Å²) in [6.07, 6.45) is 5.15. The highest BCUT2D eigenvalue weighted by Gasteiger charge is 2.56. The molecular formula is C20H24BrN3O. The average Bonchev–Trinajstić information content (AvgIpc) is 2.75. The molecule has 0 bridgehead atoms. The molecule has 0 unspecified atom stereocenters. The van der Waals surface area contributed by atoms with Crippen molar-refractivity contribution in [2.75, 3.05) is 18.0 Å². The number of fused-ring (bicyclic) bond motifs is 1. The molecule has 2 fully saturated rings. The molecule has 1 aromatic rings. The van der Waals surface area contributed by atoms with Gasteiger partial charge in [-0.1, -0.05) is 28.4 Å². The van der Waals surface area contributed by atoms with Crippen LogP contribution in [-0.2, 0) is 10.2 Å². The molecule has 5 heteroatoms. The highest BCUT2D eigenvalue weighted by molar-refractivity contribution is 9.10. The van der Waals surface area contributed by atoms with Gasteiger partial charge in [0.15, 0.2) is 0 Å². The number of carbonyl (C=O) groups excluding carboxylic acids is 1. The Kier molecular flexibility index (Phi) is 3.97. The third-order valence-electron chi connectivity index (χ3n) is 6.33. The molecule has 2 aliphatic heterocycles. The van der Waals surface area contributed by atoms with E-state index >= 15 is 0 Å². The van der Waals surface area contributed by atoms with Crippen LogP contribution in [0.1, 0.15) is 51.5 Å². The number of carbonyl (C=O) groups is 1. The van der Waals surface area contributed by atoms with Crippen LogP contribution in [0.4, 0.5) is 5.69 Å². The van der Waals surface area contributed by atoms with Crippen LogP contribution in [0.25, 0.3) is 0 Å². The number of likely N-dealkylation sites (tertiary alicyclic amines) is 1. The maximum atomic E-state index is 13.1. The van der Waals surface area contributed by atoms with Crippen molar-refractivity contribution in [3.05, 3.63) is 28.2 Å². The SMILES string of the molecule is CC1(C)C(=O)N(C2CC(C#N)(N3CCCCC3)C2)c2cc(Br)ccc21. The topological polar surface area (TPSA) is 47.3 Å². The number of halogens is 1. The van der Waals surface area contributed by atoms with Gasteiger partial charge in [-0.3, -0.25) is 9.69 Å². The molecule has 4 rings (SSSR count). The van der Waals surface area contributed by atoms with E-state index in [1.165, 1.54) is 19.3 Å². The minimum absolute atomic E-state index is 0.129. The third-order valence-corrected chi connectivity index (χ3v) is 6.82. The number of benzene rings is 1. The van der Waals surface area contributed by atoms with Crippen LogP contribution in [-0.4, -0.2) is 35.5 Å². The number of hydrogen-bond acceptors (Lipinski definition) is 3. The number of nitrogens with zero attached hydrogens (tertiary/aromatic N) is 3. The number of hydrogen-bond donors (Lipinski definition) is 0. The predicted molar refractivity (Wildman–Crippen MR) is 101 cm³/mol. The van der Waals surface area contributed by atoms with E-state index in [9.17, 15) is 10.1 Å². The zero-order valence-electron chi connectivity index (χ0n) is 14.9. The van der Waals surface area contributed by atoms with Crippen molar-refractivity contribution in [1.29, 1.82) is 5.26 Å². The lowest BCUT2D eigenvalue weighted by molar-refractivity contribution is -0.123. The van der Waals surface area contributed by atoms with E-state index in [1.807, 2.05) is 24.8 Å². The quantitative estimate of drug-likeness (QED) is 0.752. The maximum Gasteiger partial charge on any atom is 0.237 e. The molecule has 0 aromatic heterocycles. The fraction of sp³-hybridized carbons (Fsp3) is 0.600. The molecule has 0 radical (unpaired) electrons. The van der Waals surface area contributed by atoms with Crippen LogP contribution in [0.2, 0.25) is 0 Å². The Labute approximate surface area is 157 Å². The van der Waals surface area contributed by atoms with Crippen molar-refractivity contribution in [2.24, 2.45) is 0 Å². The Morgan fingerprint density at radius 1 is 1.20 bits per heavy atom. The second kappa shape index (κ2) is 5.82. The van der Waals surface area contributed by atoms with Crippen molar-refractivity contribution in [3.8, 4) is 6.07 Å². The normalized spacial score (nSPS) is 31.4. The van der Waals surface area contributed by atoms with Gasteiger partial charge in [0, 0.05) is 29.0 Å². The summed E-state index contributed by atoms with van der Waals surface area (Å²) < 4.78 is 0.989. The Balaban J connectivity index is 1.61. The molecule has 0 atom stereocenters. The van der Waals surface area contributed by atoms with Gasteiger partial charge in [-0.15, -0.1) is 0 Å². The second-order valence-corrected chi connectivity index (χ2v) is 9.13. The first-order valence-corrected chi connectivity index (χ1v) is 9.98. The second-order valence-electron chi connectivity index (χ2n) is 8.21. The Bertz CT molecular complexity index is 755. The standard InChI is InChI=1S/C20H24BrN3O/c1-19(2)16-7-6-14(21)10-17(16)24(18(19)25)15-11-20(12-15,13-22)23-8-4-3-5-9-23/h6-7,10,15H,3-5,8-9,11-12H2,1-2H3. The molecule has 4 nitrogen and oxygen atoms in total. The first kappa shape index (κ1) is 17.1. The van der Waals surface area contributed by atoms with Gasteiger partial charge in [0.05, 0.1) is 11.5 Å². The summed E-state index contributed by atoms with van der Waals surface area (Å²) in [5.74, 6) is 0.163. The zero-order valence-corrected chi connectivity index (χ0v) is 16.5. The molecule has 1 aromatic carbocycles. The average molecular weight is 402 g/mol. The van der Waals surface area contributed by atoms with Gasteiger partial charge in [0.25, 0.3) is 0 Å². The van der Waals surface area contributed by atoms with Crippen LogP contribution in [0.5, 0.6) is 0 Å². The van der Waals surface area contributed by atoms with Gasteiger partial charge in [-0.05, 0) is 57.5 Å². The molecule has 2 heterocycles. The first-order chi connectivity index (χ1) is 11.9. The highest BCUT2D eigenvalue weighted by Crippen LogP contribution is 2.50. The number of rotatable bonds is 2. The van der Waals surface area contributed by atoms with Crippen molar-refractivity contribution < 1.29 is 4.79 Å². The van der Waals surface area contributed by atoms with Gasteiger partial charge in [0.2, 0.25) is 5.91 Å². The molecule has 0 spiro atoms. The lowest BCUT2D eigenvalue weighted by Gasteiger charge is -2.53. The molecule has 0 N–H and O–H groups in total. The molecule has 1 aliphatic carbocycles. The van der Waals surface area contributed by atoms with Crippen LogP contribution >= 0.6 is 15.9 Å². The van der Waals surface area contributed by atoms with Crippen LogP contribution < -0.4 is 4.90 Å².